The van der Waals surface area contributed by atoms with E-state index in [0.717, 1.165) is 30.5 Å². The zero-order chi connectivity index (χ0) is 20.9. The van der Waals surface area contributed by atoms with Gasteiger partial charge in [-0.2, -0.15) is 5.10 Å². The molecule has 1 fully saturated rings. The Balaban J connectivity index is 1.81. The Morgan fingerprint density at radius 3 is 2.46 bits per heavy atom. The van der Waals surface area contributed by atoms with Crippen molar-refractivity contribution < 1.29 is 14.7 Å². The van der Waals surface area contributed by atoms with E-state index < -0.39 is 15.6 Å². The molecular weight excluding hydrogens is 378 g/mol. The number of amides is 3. The molecule has 0 spiro atoms. The molecule has 1 saturated carbocycles. The smallest absolute Gasteiger partial charge is 0.318 e. The van der Waals surface area contributed by atoms with Crippen molar-refractivity contribution in [1.29, 1.82) is 0 Å². The Kier molecular flexibility index (Phi) is 5.21. The number of fused-ring (bicyclic) bond motifs is 1. The molecule has 2 heterocycles. The summed E-state index contributed by atoms with van der Waals surface area (Å²) in [4.78, 5) is 27.5. The number of hydrogen-bond acceptors (Lipinski definition) is 4. The van der Waals surface area contributed by atoms with Gasteiger partial charge in [-0.3, -0.25) is 9.89 Å². The Hall–Kier alpha value is -1.74. The van der Waals surface area contributed by atoms with Crippen LogP contribution >= 0.6 is 10.0 Å². The number of carbonyl (C=O) groups excluding carboxylic acids is 2. The largest absolute Gasteiger partial charge is 0.394 e. The van der Waals surface area contributed by atoms with Gasteiger partial charge < -0.3 is 20.6 Å². The highest BCUT2D eigenvalue weighted by Crippen LogP contribution is 2.60. The Morgan fingerprint density at radius 1 is 1.32 bits per heavy atom. The van der Waals surface area contributed by atoms with Crippen molar-refractivity contribution in [2.45, 2.75) is 62.9 Å². The molecule has 1 atom stereocenters. The van der Waals surface area contributed by atoms with Crippen molar-refractivity contribution in [2.24, 2.45) is 0 Å². The van der Waals surface area contributed by atoms with E-state index in [4.69, 9.17) is 0 Å². The number of nitrogens with zero attached hydrogens (tertiary/aromatic N) is 2. The normalized spacial score (nSPS) is 21.5. The average Bonchev–Trinajstić information content (AvgIpc) is 3.03. The van der Waals surface area contributed by atoms with E-state index in [0.29, 0.717) is 12.4 Å². The summed E-state index contributed by atoms with van der Waals surface area (Å²) in [6, 6.07) is -0.573. The first-order chi connectivity index (χ1) is 12.9. The van der Waals surface area contributed by atoms with Crippen LogP contribution in [0.3, 0.4) is 0 Å². The highest BCUT2D eigenvalue weighted by Gasteiger charge is 2.51. The summed E-state index contributed by atoms with van der Waals surface area (Å²) in [7, 11) is -1.06. The zero-order valence-electron chi connectivity index (χ0n) is 17.7. The molecule has 3 rings (SSSR count). The molecule has 1 unspecified atom stereocenters. The Bertz CT molecular complexity index is 779. The van der Waals surface area contributed by atoms with Gasteiger partial charge in [-0.25, -0.2) is 14.8 Å². The van der Waals surface area contributed by atoms with Crippen LogP contribution in [0.4, 0.5) is 10.6 Å². The van der Waals surface area contributed by atoms with Gasteiger partial charge in [-0.1, -0.05) is 0 Å². The predicted octanol–water partition coefficient (Wildman–Crippen LogP) is 2.11. The van der Waals surface area contributed by atoms with Crippen molar-refractivity contribution >= 4 is 27.8 Å². The van der Waals surface area contributed by atoms with E-state index in [2.05, 4.69) is 39.6 Å². The third-order valence-corrected chi connectivity index (χ3v) is 9.28. The maximum atomic E-state index is 13.2. The summed E-state index contributed by atoms with van der Waals surface area (Å²) in [5.41, 5.74) is 1.09. The maximum Gasteiger partial charge on any atom is 0.318 e. The molecule has 1 aliphatic carbocycles. The summed E-state index contributed by atoms with van der Waals surface area (Å²) in [5, 5.41) is 22.4. The second kappa shape index (κ2) is 6.95. The van der Waals surface area contributed by atoms with Crippen LogP contribution in [0.15, 0.2) is 0 Å². The average molecular weight is 412 g/mol. The van der Waals surface area contributed by atoms with E-state index >= 15 is 0 Å². The molecule has 28 heavy (non-hydrogen) atoms. The van der Waals surface area contributed by atoms with Gasteiger partial charge in [0.25, 0.3) is 0 Å². The van der Waals surface area contributed by atoms with Crippen LogP contribution in [0.1, 0.15) is 51.3 Å². The highest BCUT2D eigenvalue weighted by atomic mass is 32.3. The second-order valence-corrected chi connectivity index (χ2v) is 13.7. The van der Waals surface area contributed by atoms with Crippen molar-refractivity contribution in [2.75, 3.05) is 30.7 Å². The fraction of sp³-hybridized carbons (Fsp3) is 0.737. The molecule has 4 N–H and O–H groups in total. The minimum absolute atomic E-state index is 0.0464. The zero-order valence-corrected chi connectivity index (χ0v) is 18.5. The number of rotatable bonds is 5. The van der Waals surface area contributed by atoms with E-state index in [9.17, 15) is 14.7 Å². The van der Waals surface area contributed by atoms with Crippen LogP contribution in [-0.2, 0) is 16.9 Å². The number of hydrogen-bond donors (Lipinski definition) is 4. The number of aromatic amines is 1. The fourth-order valence-electron chi connectivity index (χ4n) is 4.12. The standard InChI is InChI=1S/C19H33N5O3S/c1-12(11-25)20-17(27)24-10-13-14(18(24,2)3)22-23-15(13)21-16(26)19(8-7-9-19)28(4,5)6/h12,25H,7-11H2,1-6H3,(H,20,27)(H2,21,22,23,26). The van der Waals surface area contributed by atoms with Crippen LogP contribution in [0.5, 0.6) is 0 Å². The molecule has 8 nitrogen and oxygen atoms in total. The fourth-order valence-corrected chi connectivity index (χ4v) is 6.24. The maximum absolute atomic E-state index is 13.2. The summed E-state index contributed by atoms with van der Waals surface area (Å²) in [5.74, 6) is 0.568. The SMILES string of the molecule is CC(CO)NC(=O)N1Cc2c(NC(=O)C3(S(C)(C)C)CCC3)n[nH]c2C1(C)C. The van der Waals surface area contributed by atoms with Gasteiger partial charge in [-0.15, -0.1) is 0 Å². The monoisotopic (exact) mass is 411 g/mol. The molecule has 1 aromatic heterocycles. The quantitative estimate of drug-likeness (QED) is 0.595. The van der Waals surface area contributed by atoms with Gasteiger partial charge in [0.1, 0.15) is 0 Å². The van der Waals surface area contributed by atoms with E-state index in [1.807, 2.05) is 13.8 Å². The number of nitrogens with one attached hydrogen (secondary N) is 3. The lowest BCUT2D eigenvalue weighted by Crippen LogP contribution is -2.51. The van der Waals surface area contributed by atoms with E-state index in [1.165, 1.54) is 0 Å². The number of anilines is 1. The predicted molar refractivity (Wildman–Crippen MR) is 113 cm³/mol. The first-order valence-corrected chi connectivity index (χ1v) is 12.6. The molecule has 3 amide bonds. The molecule has 158 valence electrons. The van der Waals surface area contributed by atoms with Crippen molar-refractivity contribution in [3.63, 3.8) is 0 Å². The van der Waals surface area contributed by atoms with Crippen molar-refractivity contribution in [3.05, 3.63) is 11.3 Å². The van der Waals surface area contributed by atoms with Gasteiger partial charge in [0.15, 0.2) is 5.82 Å². The molecular formula is C19H33N5O3S. The van der Waals surface area contributed by atoms with Gasteiger partial charge in [0, 0.05) is 5.56 Å². The summed E-state index contributed by atoms with van der Waals surface area (Å²) in [6.07, 6.45) is 9.50. The van der Waals surface area contributed by atoms with Crippen LogP contribution in [0.25, 0.3) is 0 Å². The lowest BCUT2D eigenvalue weighted by Gasteiger charge is -2.53. The third-order valence-electron chi connectivity index (χ3n) is 6.34. The molecule has 9 heteroatoms. The van der Waals surface area contributed by atoms with Crippen LogP contribution in [0, 0.1) is 0 Å². The second-order valence-electron chi connectivity index (χ2n) is 9.24. The van der Waals surface area contributed by atoms with Gasteiger partial charge in [0.2, 0.25) is 5.91 Å². The summed E-state index contributed by atoms with van der Waals surface area (Å²) in [6.45, 7) is 5.87. The Morgan fingerprint density at radius 2 is 1.96 bits per heavy atom. The topological polar surface area (TPSA) is 110 Å². The number of urea groups is 1. The van der Waals surface area contributed by atoms with E-state index in [1.54, 1.807) is 11.8 Å². The molecule has 1 aromatic rings. The minimum atomic E-state index is -1.06. The molecule has 0 saturated heterocycles. The highest BCUT2D eigenvalue weighted by molar-refractivity contribution is 8.33. The van der Waals surface area contributed by atoms with Crippen LogP contribution in [0.2, 0.25) is 0 Å². The van der Waals surface area contributed by atoms with Gasteiger partial charge >= 0.3 is 6.03 Å². The summed E-state index contributed by atoms with van der Waals surface area (Å²) < 4.78 is -0.291. The minimum Gasteiger partial charge on any atom is -0.394 e. The van der Waals surface area contributed by atoms with Gasteiger partial charge in [-0.05, 0) is 58.8 Å². The number of carbonyl (C=O) groups is 2. The van der Waals surface area contributed by atoms with Crippen molar-refractivity contribution in [1.82, 2.24) is 20.4 Å². The molecule has 0 radical (unpaired) electrons. The molecule has 2 aliphatic rings. The first-order valence-electron chi connectivity index (χ1n) is 9.70. The van der Waals surface area contributed by atoms with Crippen LogP contribution in [-0.4, -0.2) is 68.3 Å². The number of aromatic nitrogens is 2. The van der Waals surface area contributed by atoms with E-state index in [-0.39, 0.29) is 29.3 Å². The lowest BCUT2D eigenvalue weighted by atomic mass is 9.83. The molecule has 1 aliphatic heterocycles. The first kappa shape index (κ1) is 21.0. The van der Waals surface area contributed by atoms with Crippen LogP contribution < -0.4 is 10.6 Å². The molecule has 0 aromatic carbocycles. The number of H-pyrrole nitrogens is 1. The van der Waals surface area contributed by atoms with Gasteiger partial charge in [0.05, 0.1) is 35.2 Å². The third kappa shape index (κ3) is 3.18. The Labute approximate surface area is 168 Å². The summed E-state index contributed by atoms with van der Waals surface area (Å²) >= 11 is 0. The lowest BCUT2D eigenvalue weighted by molar-refractivity contribution is -0.120. The van der Waals surface area contributed by atoms with Crippen molar-refractivity contribution in [3.8, 4) is 0 Å². The number of aliphatic hydroxyl groups is 1. The molecule has 0 bridgehead atoms. The number of aliphatic hydroxyl groups excluding tert-OH is 1.